The van der Waals surface area contributed by atoms with E-state index in [9.17, 15) is 10.2 Å². The van der Waals surface area contributed by atoms with Gasteiger partial charge in [0.05, 0.1) is 12.2 Å². The number of hydrogen-bond donors (Lipinski definition) is 2. The highest BCUT2D eigenvalue weighted by molar-refractivity contribution is 5.40. The second-order valence-corrected chi connectivity index (χ2v) is 7.66. The summed E-state index contributed by atoms with van der Waals surface area (Å²) in [6.07, 6.45) is 6.78. The lowest BCUT2D eigenvalue weighted by atomic mass is 9.55. The minimum atomic E-state index is -0.0883. The molecule has 2 N–H and O–H groups in total. The van der Waals surface area contributed by atoms with Gasteiger partial charge in [-0.3, -0.25) is 0 Å². The second-order valence-electron chi connectivity index (χ2n) is 7.66. The van der Waals surface area contributed by atoms with Crippen molar-refractivity contribution in [3.05, 3.63) is 29.3 Å². The molecule has 0 amide bonds. The van der Waals surface area contributed by atoms with Gasteiger partial charge in [0.15, 0.2) is 0 Å². The van der Waals surface area contributed by atoms with E-state index in [-0.39, 0.29) is 11.5 Å². The molecule has 0 aliphatic heterocycles. The van der Waals surface area contributed by atoms with Gasteiger partial charge in [0.1, 0.15) is 5.75 Å². The standard InChI is InChI=1S/C18H24O2.C2H3N/c1-18-9-8-14-13-5-3-12(19)10-11(13)2-4-15(14)16(18)6-7-17(18)20;1-2-3/h3,5,10,14-17,19-20H,2,4,6-9H2,1H3;1H3/t14-,15-,16+,17+,18+;/m1./s1. The Balaban J connectivity index is 0.000000485. The highest BCUT2D eigenvalue weighted by atomic mass is 16.3. The van der Waals surface area contributed by atoms with Gasteiger partial charge in [0.25, 0.3) is 0 Å². The number of rotatable bonds is 0. The fourth-order valence-corrected chi connectivity index (χ4v) is 5.54. The van der Waals surface area contributed by atoms with E-state index in [2.05, 4.69) is 13.0 Å². The van der Waals surface area contributed by atoms with Crippen molar-refractivity contribution in [3.63, 3.8) is 0 Å². The summed E-state index contributed by atoms with van der Waals surface area (Å²) in [5.74, 6) is 2.49. The number of phenols is 1. The molecule has 0 saturated heterocycles. The van der Waals surface area contributed by atoms with Crippen LogP contribution in [0.2, 0.25) is 0 Å². The summed E-state index contributed by atoms with van der Waals surface area (Å²) in [6, 6.07) is 7.71. The summed E-state index contributed by atoms with van der Waals surface area (Å²) in [7, 11) is 0. The summed E-state index contributed by atoms with van der Waals surface area (Å²) in [6.45, 7) is 3.75. The zero-order chi connectivity index (χ0) is 16.6. The lowest BCUT2D eigenvalue weighted by Gasteiger charge is -2.50. The van der Waals surface area contributed by atoms with Crippen molar-refractivity contribution < 1.29 is 10.2 Å². The van der Waals surface area contributed by atoms with Gasteiger partial charge in [0.2, 0.25) is 0 Å². The van der Waals surface area contributed by atoms with Crippen LogP contribution in [0.25, 0.3) is 0 Å². The quantitative estimate of drug-likeness (QED) is 0.756. The summed E-state index contributed by atoms with van der Waals surface area (Å²) >= 11 is 0. The van der Waals surface area contributed by atoms with Crippen LogP contribution in [-0.2, 0) is 6.42 Å². The first-order chi connectivity index (χ1) is 11.0. The largest absolute Gasteiger partial charge is 0.508 e. The topological polar surface area (TPSA) is 64.2 Å². The summed E-state index contributed by atoms with van der Waals surface area (Å²) in [5.41, 5.74) is 2.99. The van der Waals surface area contributed by atoms with Gasteiger partial charge in [-0.05, 0) is 85.0 Å². The number of aliphatic hydroxyl groups excluding tert-OH is 1. The number of benzene rings is 1. The molecule has 2 saturated carbocycles. The lowest BCUT2D eigenvalue weighted by molar-refractivity contribution is -0.0226. The van der Waals surface area contributed by atoms with Crippen LogP contribution in [0.1, 0.15) is 63.0 Å². The molecule has 3 heteroatoms. The third kappa shape index (κ3) is 2.64. The molecule has 0 aromatic heterocycles. The molecule has 0 bridgehead atoms. The van der Waals surface area contributed by atoms with Crippen molar-refractivity contribution >= 4 is 0 Å². The van der Waals surface area contributed by atoms with E-state index in [0.717, 1.165) is 25.2 Å². The van der Waals surface area contributed by atoms with Crippen LogP contribution in [-0.4, -0.2) is 16.3 Å². The molecule has 3 aliphatic rings. The van der Waals surface area contributed by atoms with Crippen LogP contribution in [0.5, 0.6) is 5.75 Å². The van der Waals surface area contributed by atoms with Crippen LogP contribution >= 0.6 is 0 Å². The van der Waals surface area contributed by atoms with Crippen LogP contribution in [0, 0.1) is 28.6 Å². The Morgan fingerprint density at radius 3 is 2.70 bits per heavy atom. The van der Waals surface area contributed by atoms with E-state index in [1.165, 1.54) is 37.3 Å². The molecule has 23 heavy (non-hydrogen) atoms. The molecular weight excluding hydrogens is 286 g/mol. The van der Waals surface area contributed by atoms with Gasteiger partial charge in [-0.1, -0.05) is 13.0 Å². The van der Waals surface area contributed by atoms with Gasteiger partial charge < -0.3 is 10.2 Å². The van der Waals surface area contributed by atoms with E-state index in [1.54, 1.807) is 6.07 Å². The highest BCUT2D eigenvalue weighted by Crippen LogP contribution is 2.60. The van der Waals surface area contributed by atoms with Crippen molar-refractivity contribution in [1.82, 2.24) is 0 Å². The molecule has 3 aliphatic carbocycles. The number of nitriles is 1. The van der Waals surface area contributed by atoms with E-state index < -0.39 is 0 Å². The first-order valence-corrected chi connectivity index (χ1v) is 8.82. The molecule has 1 aromatic carbocycles. The number of nitrogens with zero attached hydrogens (tertiary/aromatic N) is 1. The van der Waals surface area contributed by atoms with Gasteiger partial charge in [-0.25, -0.2) is 0 Å². The van der Waals surface area contributed by atoms with Crippen LogP contribution in [0.15, 0.2) is 18.2 Å². The third-order valence-electron chi connectivity index (χ3n) is 6.66. The fraction of sp³-hybridized carbons (Fsp3) is 0.650. The first-order valence-electron chi connectivity index (χ1n) is 8.82. The molecular formula is C20H27NO2. The molecule has 0 unspecified atom stereocenters. The zero-order valence-corrected chi connectivity index (χ0v) is 14.1. The van der Waals surface area contributed by atoms with Gasteiger partial charge in [-0.15, -0.1) is 0 Å². The molecule has 124 valence electrons. The number of aliphatic hydroxyl groups is 1. The summed E-state index contributed by atoms with van der Waals surface area (Å²) < 4.78 is 0. The van der Waals surface area contributed by atoms with Crippen molar-refractivity contribution in [3.8, 4) is 11.8 Å². The molecule has 3 nitrogen and oxygen atoms in total. The number of aryl methyl sites for hydroxylation is 1. The summed E-state index contributed by atoms with van der Waals surface area (Å²) in [4.78, 5) is 0. The number of fused-ring (bicyclic) bond motifs is 5. The van der Waals surface area contributed by atoms with Crippen LogP contribution in [0.4, 0.5) is 0 Å². The van der Waals surface area contributed by atoms with Gasteiger partial charge in [0, 0.05) is 6.92 Å². The Hall–Kier alpha value is -1.53. The maximum absolute atomic E-state index is 10.4. The lowest BCUT2D eigenvalue weighted by Crippen LogP contribution is -2.43. The normalized spacial score (nSPS) is 37.5. The van der Waals surface area contributed by atoms with E-state index in [1.807, 2.05) is 12.1 Å². The minimum Gasteiger partial charge on any atom is -0.508 e. The number of aromatic hydroxyl groups is 1. The molecule has 0 heterocycles. The highest BCUT2D eigenvalue weighted by Gasteiger charge is 2.54. The Bertz CT molecular complexity index is 621. The number of hydrogen-bond acceptors (Lipinski definition) is 3. The Morgan fingerprint density at radius 1 is 1.22 bits per heavy atom. The fourth-order valence-electron chi connectivity index (χ4n) is 5.54. The van der Waals surface area contributed by atoms with Crippen molar-refractivity contribution in [1.29, 1.82) is 5.26 Å². The van der Waals surface area contributed by atoms with Gasteiger partial charge >= 0.3 is 0 Å². The molecule has 0 radical (unpaired) electrons. The molecule has 1 aromatic rings. The molecule has 4 rings (SSSR count). The van der Waals surface area contributed by atoms with Crippen molar-refractivity contribution in [2.75, 3.05) is 0 Å². The summed E-state index contributed by atoms with van der Waals surface area (Å²) in [5, 5.41) is 27.4. The zero-order valence-electron chi connectivity index (χ0n) is 14.1. The maximum atomic E-state index is 10.4. The van der Waals surface area contributed by atoms with E-state index in [0.29, 0.717) is 17.6 Å². The van der Waals surface area contributed by atoms with Crippen LogP contribution in [0.3, 0.4) is 0 Å². The molecule has 0 spiro atoms. The van der Waals surface area contributed by atoms with E-state index in [4.69, 9.17) is 5.26 Å². The predicted octanol–water partition coefficient (Wildman–Crippen LogP) is 4.14. The second kappa shape index (κ2) is 6.17. The minimum absolute atomic E-state index is 0.0883. The average Bonchev–Trinajstić information content (AvgIpc) is 2.83. The number of phenolic OH excluding ortho intramolecular Hbond substituents is 1. The first kappa shape index (κ1) is 16.3. The monoisotopic (exact) mass is 313 g/mol. The van der Waals surface area contributed by atoms with Gasteiger partial charge in [-0.2, -0.15) is 5.26 Å². The SMILES string of the molecule is CC#N.C[C@]12CC[C@@H]3c4ccc(O)cc4CC[C@H]3[C@@H]1CC[C@@H]2O. The Kier molecular flexibility index (Phi) is 4.38. The Morgan fingerprint density at radius 2 is 1.96 bits per heavy atom. The predicted molar refractivity (Wildman–Crippen MR) is 90.0 cm³/mol. The van der Waals surface area contributed by atoms with Crippen molar-refractivity contribution in [2.45, 2.75) is 64.4 Å². The maximum Gasteiger partial charge on any atom is 0.115 e. The smallest absolute Gasteiger partial charge is 0.115 e. The Labute approximate surface area is 139 Å². The average molecular weight is 313 g/mol. The van der Waals surface area contributed by atoms with Crippen molar-refractivity contribution in [2.24, 2.45) is 17.3 Å². The van der Waals surface area contributed by atoms with Crippen LogP contribution < -0.4 is 0 Å². The molecule has 2 fully saturated rings. The van der Waals surface area contributed by atoms with E-state index >= 15 is 0 Å². The molecule has 5 atom stereocenters. The third-order valence-corrected chi connectivity index (χ3v) is 6.66.